The monoisotopic (exact) mass is 256 g/mol. The van der Waals surface area contributed by atoms with E-state index in [-0.39, 0.29) is 24.8 Å². The Kier molecular flexibility index (Phi) is 13.1. The van der Waals surface area contributed by atoms with E-state index in [4.69, 9.17) is 5.73 Å². The van der Waals surface area contributed by atoms with Crippen molar-refractivity contribution >= 4 is 24.8 Å². The predicted octanol–water partition coefficient (Wildman–Crippen LogP) is 2.83. The highest BCUT2D eigenvalue weighted by molar-refractivity contribution is 5.85. The molecule has 2 N–H and O–H groups in total. The summed E-state index contributed by atoms with van der Waals surface area (Å²) in [5.74, 6) is 0. The maximum atomic E-state index is 5.52. The van der Waals surface area contributed by atoms with Gasteiger partial charge in [0, 0.05) is 6.04 Å². The van der Waals surface area contributed by atoms with E-state index in [9.17, 15) is 0 Å². The minimum Gasteiger partial charge on any atom is -0.330 e. The van der Waals surface area contributed by atoms with E-state index in [2.05, 4.69) is 11.8 Å². The van der Waals surface area contributed by atoms with Crippen LogP contribution in [0.3, 0.4) is 0 Å². The number of rotatable bonds is 4. The lowest BCUT2D eigenvalue weighted by Gasteiger charge is -2.27. The predicted molar refractivity (Wildman–Crippen MR) is 72.3 cm³/mol. The third kappa shape index (κ3) is 7.40. The molecule has 15 heavy (non-hydrogen) atoms. The van der Waals surface area contributed by atoms with Crippen LogP contribution in [0.1, 0.15) is 45.4 Å². The summed E-state index contributed by atoms with van der Waals surface area (Å²) < 4.78 is 0. The molecule has 94 valence electrons. The van der Waals surface area contributed by atoms with E-state index in [1.807, 2.05) is 0 Å². The quantitative estimate of drug-likeness (QED) is 0.839. The molecule has 1 fully saturated rings. The second-order valence-electron chi connectivity index (χ2n) is 4.23. The Bertz CT molecular complexity index is 126. The Labute approximate surface area is 107 Å². The van der Waals surface area contributed by atoms with Crippen LogP contribution in [0.4, 0.5) is 0 Å². The van der Waals surface area contributed by atoms with Gasteiger partial charge in [0.15, 0.2) is 0 Å². The van der Waals surface area contributed by atoms with E-state index in [0.29, 0.717) is 0 Å². The van der Waals surface area contributed by atoms with Crippen molar-refractivity contribution < 1.29 is 0 Å². The Hall–Kier alpha value is 0.500. The van der Waals surface area contributed by atoms with Crippen LogP contribution >= 0.6 is 24.8 Å². The molecule has 0 spiro atoms. The molecule has 1 atom stereocenters. The lowest BCUT2D eigenvalue weighted by atomic mass is 10.1. The van der Waals surface area contributed by atoms with Gasteiger partial charge >= 0.3 is 0 Å². The van der Waals surface area contributed by atoms with E-state index in [0.717, 1.165) is 12.6 Å². The Morgan fingerprint density at radius 2 is 1.60 bits per heavy atom. The summed E-state index contributed by atoms with van der Waals surface area (Å²) in [5.41, 5.74) is 5.52. The van der Waals surface area contributed by atoms with Gasteiger partial charge in [0.25, 0.3) is 0 Å². The topological polar surface area (TPSA) is 29.3 Å². The van der Waals surface area contributed by atoms with Crippen LogP contribution < -0.4 is 5.73 Å². The van der Waals surface area contributed by atoms with Gasteiger partial charge in [0.05, 0.1) is 0 Å². The molecule has 0 aliphatic carbocycles. The summed E-state index contributed by atoms with van der Waals surface area (Å²) in [7, 11) is 0. The highest BCUT2D eigenvalue weighted by Crippen LogP contribution is 2.14. The van der Waals surface area contributed by atoms with Gasteiger partial charge in [0.2, 0.25) is 0 Å². The van der Waals surface area contributed by atoms with E-state index >= 15 is 0 Å². The molecular weight excluding hydrogens is 231 g/mol. The van der Waals surface area contributed by atoms with E-state index in [1.165, 1.54) is 51.6 Å². The average molecular weight is 257 g/mol. The molecule has 1 unspecified atom stereocenters. The fourth-order valence-electron chi connectivity index (χ4n) is 2.13. The van der Waals surface area contributed by atoms with Crippen molar-refractivity contribution in [3.05, 3.63) is 0 Å². The van der Waals surface area contributed by atoms with Gasteiger partial charge < -0.3 is 10.6 Å². The molecule has 1 aliphatic rings. The molecule has 1 heterocycles. The minimum absolute atomic E-state index is 0. The van der Waals surface area contributed by atoms with Gasteiger partial charge in [-0.25, -0.2) is 0 Å². The van der Waals surface area contributed by atoms with Crippen LogP contribution in [-0.2, 0) is 0 Å². The van der Waals surface area contributed by atoms with Crippen molar-refractivity contribution in [2.75, 3.05) is 19.6 Å². The van der Waals surface area contributed by atoms with Gasteiger partial charge in [-0.05, 0) is 52.2 Å². The molecule has 0 aromatic heterocycles. The molecule has 0 bridgehead atoms. The fraction of sp³-hybridized carbons (Fsp3) is 1.00. The summed E-state index contributed by atoms with van der Waals surface area (Å²) in [6, 6.07) is 0.752. The maximum Gasteiger partial charge on any atom is 0.00673 e. The third-order valence-corrected chi connectivity index (χ3v) is 3.09. The van der Waals surface area contributed by atoms with Crippen LogP contribution in [0, 0.1) is 0 Å². The highest BCUT2D eigenvalue weighted by Gasteiger charge is 2.14. The molecule has 0 saturated carbocycles. The standard InChI is InChI=1S/C11H24N2.2ClH/c1-11(7-6-8-12)13-9-4-2-3-5-10-13;;/h11H,2-10,12H2,1H3;2*1H. The van der Waals surface area contributed by atoms with Crippen LogP contribution in [0.5, 0.6) is 0 Å². The number of hydrogen-bond acceptors (Lipinski definition) is 2. The zero-order chi connectivity index (χ0) is 9.52. The van der Waals surface area contributed by atoms with Gasteiger partial charge in [-0.1, -0.05) is 12.8 Å². The van der Waals surface area contributed by atoms with Gasteiger partial charge in [-0.15, -0.1) is 24.8 Å². The molecule has 4 heteroatoms. The van der Waals surface area contributed by atoms with Crippen LogP contribution in [-0.4, -0.2) is 30.6 Å². The second kappa shape index (κ2) is 11.0. The summed E-state index contributed by atoms with van der Waals surface area (Å²) in [4.78, 5) is 2.64. The second-order valence-corrected chi connectivity index (χ2v) is 4.23. The first-order valence-corrected chi connectivity index (χ1v) is 5.78. The maximum absolute atomic E-state index is 5.52. The van der Waals surface area contributed by atoms with Crippen LogP contribution in [0.15, 0.2) is 0 Å². The average Bonchev–Trinajstić information content (AvgIpc) is 2.42. The fourth-order valence-corrected chi connectivity index (χ4v) is 2.13. The zero-order valence-electron chi connectivity index (χ0n) is 9.78. The van der Waals surface area contributed by atoms with Gasteiger partial charge in [-0.2, -0.15) is 0 Å². The Morgan fingerprint density at radius 3 is 2.07 bits per heavy atom. The number of halogens is 2. The molecule has 0 aromatic carbocycles. The molecule has 0 amide bonds. The van der Waals surface area contributed by atoms with Gasteiger partial charge in [-0.3, -0.25) is 0 Å². The Morgan fingerprint density at radius 1 is 1.07 bits per heavy atom. The van der Waals surface area contributed by atoms with E-state index in [1.54, 1.807) is 0 Å². The Balaban J connectivity index is 0. The molecule has 1 saturated heterocycles. The largest absolute Gasteiger partial charge is 0.330 e. The first-order valence-electron chi connectivity index (χ1n) is 5.78. The molecular formula is C11H26Cl2N2. The lowest BCUT2D eigenvalue weighted by Crippen LogP contribution is -2.34. The zero-order valence-corrected chi connectivity index (χ0v) is 11.4. The lowest BCUT2D eigenvalue weighted by molar-refractivity contribution is 0.205. The van der Waals surface area contributed by atoms with Gasteiger partial charge in [0.1, 0.15) is 0 Å². The van der Waals surface area contributed by atoms with Crippen molar-refractivity contribution in [2.24, 2.45) is 5.73 Å². The first-order chi connectivity index (χ1) is 6.34. The number of likely N-dealkylation sites (tertiary alicyclic amines) is 1. The van der Waals surface area contributed by atoms with Crippen molar-refractivity contribution in [3.63, 3.8) is 0 Å². The number of nitrogens with zero attached hydrogens (tertiary/aromatic N) is 1. The van der Waals surface area contributed by atoms with Crippen molar-refractivity contribution in [2.45, 2.75) is 51.5 Å². The van der Waals surface area contributed by atoms with Crippen LogP contribution in [0.2, 0.25) is 0 Å². The highest BCUT2D eigenvalue weighted by atomic mass is 35.5. The molecule has 1 rings (SSSR count). The number of hydrogen-bond donors (Lipinski definition) is 1. The third-order valence-electron chi connectivity index (χ3n) is 3.09. The summed E-state index contributed by atoms with van der Waals surface area (Å²) in [5, 5.41) is 0. The SMILES string of the molecule is CC(CCCN)N1CCCCCC1.Cl.Cl. The summed E-state index contributed by atoms with van der Waals surface area (Å²) in [6.07, 6.45) is 8.11. The van der Waals surface area contributed by atoms with Crippen LogP contribution in [0.25, 0.3) is 0 Å². The van der Waals surface area contributed by atoms with Crippen molar-refractivity contribution in [1.29, 1.82) is 0 Å². The van der Waals surface area contributed by atoms with E-state index < -0.39 is 0 Å². The molecule has 0 radical (unpaired) electrons. The summed E-state index contributed by atoms with van der Waals surface area (Å²) >= 11 is 0. The summed E-state index contributed by atoms with van der Waals surface area (Å²) in [6.45, 7) is 5.82. The smallest absolute Gasteiger partial charge is 0.00673 e. The van der Waals surface area contributed by atoms with Crippen molar-refractivity contribution in [3.8, 4) is 0 Å². The number of nitrogens with two attached hydrogens (primary N) is 1. The minimum atomic E-state index is 0. The molecule has 0 aromatic rings. The normalized spacial score (nSPS) is 19.6. The van der Waals surface area contributed by atoms with Crippen molar-refractivity contribution in [1.82, 2.24) is 4.90 Å². The molecule has 2 nitrogen and oxygen atoms in total. The molecule has 1 aliphatic heterocycles. The first kappa shape index (κ1) is 17.9.